The summed E-state index contributed by atoms with van der Waals surface area (Å²) in [6.45, 7) is 4.58. The van der Waals surface area contributed by atoms with Gasteiger partial charge in [0.2, 0.25) is 0 Å². The van der Waals surface area contributed by atoms with Crippen molar-refractivity contribution in [3.05, 3.63) is 62.2 Å². The molecule has 6 heteroatoms. The van der Waals surface area contributed by atoms with Crippen LogP contribution in [-0.2, 0) is 12.8 Å². The summed E-state index contributed by atoms with van der Waals surface area (Å²) in [7, 11) is 0. The minimum atomic E-state index is -0.100. The highest BCUT2D eigenvalue weighted by molar-refractivity contribution is 7.16. The summed E-state index contributed by atoms with van der Waals surface area (Å²) in [5, 5.41) is 5.96. The molecule has 0 unspecified atom stereocenters. The van der Waals surface area contributed by atoms with Gasteiger partial charge in [-0.2, -0.15) is 0 Å². The molecule has 4 nitrogen and oxygen atoms in total. The van der Waals surface area contributed by atoms with Crippen molar-refractivity contribution in [2.75, 3.05) is 11.9 Å². The molecule has 1 amide bonds. The van der Waals surface area contributed by atoms with E-state index >= 15 is 0 Å². The maximum atomic E-state index is 13.4. The van der Waals surface area contributed by atoms with E-state index in [2.05, 4.69) is 23.7 Å². The molecule has 156 valence electrons. The number of thiophene rings is 2. The van der Waals surface area contributed by atoms with Crippen LogP contribution < -0.4 is 10.1 Å². The third kappa shape index (κ3) is 4.50. The minimum absolute atomic E-state index is 0.100. The average Bonchev–Trinajstić information content (AvgIpc) is 3.23. The number of ether oxygens (including phenoxy) is 1. The smallest absolute Gasteiger partial charge is 0.259 e. The molecule has 0 saturated heterocycles. The highest BCUT2D eigenvalue weighted by atomic mass is 32.1. The summed E-state index contributed by atoms with van der Waals surface area (Å²) >= 11 is 3.34. The Bertz CT molecular complexity index is 1070. The van der Waals surface area contributed by atoms with Gasteiger partial charge in [0.05, 0.1) is 17.9 Å². The Morgan fingerprint density at radius 2 is 2.03 bits per heavy atom. The second-order valence-electron chi connectivity index (χ2n) is 7.35. The van der Waals surface area contributed by atoms with E-state index in [-0.39, 0.29) is 5.91 Å². The molecule has 2 aromatic heterocycles. The maximum absolute atomic E-state index is 13.4. The van der Waals surface area contributed by atoms with Gasteiger partial charge in [-0.3, -0.25) is 4.79 Å². The number of rotatable bonds is 6. The Balaban J connectivity index is 1.70. The Morgan fingerprint density at radius 3 is 2.83 bits per heavy atom. The molecule has 0 saturated carbocycles. The van der Waals surface area contributed by atoms with Crippen LogP contribution in [0.4, 0.5) is 10.7 Å². The van der Waals surface area contributed by atoms with Crippen LogP contribution in [0.1, 0.15) is 57.4 Å². The number of fused-ring (bicyclic) bond motifs is 1. The second-order valence-corrected chi connectivity index (χ2v) is 9.39. The van der Waals surface area contributed by atoms with Crippen molar-refractivity contribution >= 4 is 45.5 Å². The largest absolute Gasteiger partial charge is 0.492 e. The highest BCUT2D eigenvalue weighted by Crippen LogP contribution is 2.40. The van der Waals surface area contributed by atoms with Crippen LogP contribution in [0.5, 0.6) is 5.75 Å². The van der Waals surface area contributed by atoms with Gasteiger partial charge in [0.1, 0.15) is 10.8 Å². The summed E-state index contributed by atoms with van der Waals surface area (Å²) in [4.78, 5) is 20.7. The van der Waals surface area contributed by atoms with Gasteiger partial charge in [-0.15, -0.1) is 22.7 Å². The molecule has 1 N–H and O–H groups in total. The number of para-hydroxylation sites is 2. The van der Waals surface area contributed by atoms with E-state index in [1.165, 1.54) is 28.8 Å². The number of aryl methyl sites for hydroxylation is 2. The first kappa shape index (κ1) is 20.8. The van der Waals surface area contributed by atoms with Crippen molar-refractivity contribution in [1.82, 2.24) is 0 Å². The van der Waals surface area contributed by atoms with Gasteiger partial charge in [0.25, 0.3) is 5.91 Å². The molecule has 4 rings (SSSR count). The normalized spacial score (nSPS) is 13.8. The second kappa shape index (κ2) is 9.58. The number of aliphatic imine (C=N–C) groups is 1. The predicted molar refractivity (Wildman–Crippen MR) is 127 cm³/mol. The van der Waals surface area contributed by atoms with Crippen molar-refractivity contribution in [3.8, 4) is 5.75 Å². The monoisotopic (exact) mass is 438 g/mol. The van der Waals surface area contributed by atoms with Crippen LogP contribution in [0.25, 0.3) is 0 Å². The number of benzene rings is 1. The molecule has 0 bridgehead atoms. The number of hydrogen-bond acceptors (Lipinski definition) is 5. The van der Waals surface area contributed by atoms with Crippen LogP contribution in [0.2, 0.25) is 0 Å². The molecule has 0 aliphatic heterocycles. The van der Waals surface area contributed by atoms with Crippen molar-refractivity contribution in [3.63, 3.8) is 0 Å². The molecular weight excluding hydrogens is 412 g/mol. The SMILES string of the molecule is CCOc1ccccc1NC(=O)c1c(N=Cc2sccc2C)sc2c1CCCCC2. The molecule has 0 spiro atoms. The number of nitrogens with zero attached hydrogens (tertiary/aromatic N) is 1. The van der Waals surface area contributed by atoms with E-state index in [0.29, 0.717) is 18.0 Å². The first-order valence-electron chi connectivity index (χ1n) is 10.4. The predicted octanol–water partition coefficient (Wildman–Crippen LogP) is 6.79. The number of hydrogen-bond donors (Lipinski definition) is 1. The zero-order valence-corrected chi connectivity index (χ0v) is 19.0. The van der Waals surface area contributed by atoms with Gasteiger partial charge in [-0.25, -0.2) is 4.99 Å². The zero-order valence-electron chi connectivity index (χ0n) is 17.4. The first-order valence-corrected chi connectivity index (χ1v) is 12.1. The van der Waals surface area contributed by atoms with Crippen LogP contribution in [0, 0.1) is 6.92 Å². The van der Waals surface area contributed by atoms with Crippen LogP contribution in [0.3, 0.4) is 0 Å². The molecule has 3 aromatic rings. The van der Waals surface area contributed by atoms with Gasteiger partial charge < -0.3 is 10.1 Å². The minimum Gasteiger partial charge on any atom is -0.492 e. The molecular formula is C24H26N2O2S2. The Labute approximate surface area is 185 Å². The summed E-state index contributed by atoms with van der Waals surface area (Å²) in [6.07, 6.45) is 7.37. The molecule has 2 heterocycles. The van der Waals surface area contributed by atoms with E-state index in [1.54, 1.807) is 22.7 Å². The Hall–Kier alpha value is -2.44. The van der Waals surface area contributed by atoms with E-state index in [0.717, 1.165) is 34.7 Å². The number of amides is 1. The van der Waals surface area contributed by atoms with Gasteiger partial charge in [0.15, 0.2) is 0 Å². The van der Waals surface area contributed by atoms with Crippen LogP contribution in [0.15, 0.2) is 40.7 Å². The Kier molecular flexibility index (Phi) is 6.65. The molecule has 0 fully saturated rings. The Morgan fingerprint density at radius 1 is 1.20 bits per heavy atom. The van der Waals surface area contributed by atoms with E-state index < -0.39 is 0 Å². The number of nitrogens with one attached hydrogen (secondary N) is 1. The summed E-state index contributed by atoms with van der Waals surface area (Å²) in [5.41, 5.74) is 3.81. The summed E-state index contributed by atoms with van der Waals surface area (Å²) < 4.78 is 5.69. The lowest BCUT2D eigenvalue weighted by Gasteiger charge is -2.12. The van der Waals surface area contributed by atoms with Gasteiger partial charge in [-0.1, -0.05) is 18.6 Å². The number of carbonyl (C=O) groups excluding carboxylic acids is 1. The highest BCUT2D eigenvalue weighted by Gasteiger charge is 2.25. The molecule has 0 atom stereocenters. The third-order valence-electron chi connectivity index (χ3n) is 5.27. The molecule has 0 radical (unpaired) electrons. The van der Waals surface area contributed by atoms with Gasteiger partial charge in [0, 0.05) is 16.0 Å². The lowest BCUT2D eigenvalue weighted by atomic mass is 10.0. The third-order valence-corrected chi connectivity index (χ3v) is 7.42. The van der Waals surface area contributed by atoms with Gasteiger partial charge >= 0.3 is 0 Å². The lowest BCUT2D eigenvalue weighted by molar-refractivity contribution is 0.102. The fourth-order valence-corrected chi connectivity index (χ4v) is 5.74. The summed E-state index contributed by atoms with van der Waals surface area (Å²) in [6, 6.07) is 9.67. The van der Waals surface area contributed by atoms with Crippen molar-refractivity contribution in [2.24, 2.45) is 4.99 Å². The van der Waals surface area contributed by atoms with Crippen molar-refractivity contribution in [1.29, 1.82) is 0 Å². The van der Waals surface area contributed by atoms with Crippen molar-refractivity contribution < 1.29 is 9.53 Å². The maximum Gasteiger partial charge on any atom is 0.259 e. The van der Waals surface area contributed by atoms with E-state index in [4.69, 9.17) is 9.73 Å². The van der Waals surface area contributed by atoms with Crippen LogP contribution >= 0.6 is 22.7 Å². The quantitative estimate of drug-likeness (QED) is 0.340. The van der Waals surface area contributed by atoms with Crippen LogP contribution in [-0.4, -0.2) is 18.7 Å². The lowest BCUT2D eigenvalue weighted by Crippen LogP contribution is -2.14. The standard InChI is InChI=1S/C24H26N2O2S2/c1-3-28-19-11-8-7-10-18(19)26-23(27)22-17-9-5-4-6-12-20(17)30-24(22)25-15-21-16(2)13-14-29-21/h7-8,10-11,13-15H,3-6,9,12H2,1-2H3,(H,26,27). The first-order chi connectivity index (χ1) is 14.7. The topological polar surface area (TPSA) is 50.7 Å². The van der Waals surface area contributed by atoms with E-state index in [1.807, 2.05) is 37.4 Å². The molecule has 1 aliphatic carbocycles. The molecule has 1 aliphatic rings. The average molecular weight is 439 g/mol. The molecule has 1 aromatic carbocycles. The number of anilines is 1. The number of carbonyl (C=O) groups is 1. The van der Waals surface area contributed by atoms with E-state index in [9.17, 15) is 4.79 Å². The zero-order chi connectivity index (χ0) is 20.9. The summed E-state index contributed by atoms with van der Waals surface area (Å²) in [5.74, 6) is 0.588. The van der Waals surface area contributed by atoms with Crippen molar-refractivity contribution in [2.45, 2.75) is 46.0 Å². The van der Waals surface area contributed by atoms with Gasteiger partial charge in [-0.05, 0) is 74.2 Å². The molecule has 30 heavy (non-hydrogen) atoms. The fourth-order valence-electron chi connectivity index (χ4n) is 3.72. The fraction of sp³-hybridized carbons (Fsp3) is 0.333.